The van der Waals surface area contributed by atoms with Crippen LogP contribution in [0, 0.1) is 0 Å². The maximum Gasteiger partial charge on any atom is 0.239 e. The van der Waals surface area contributed by atoms with E-state index in [2.05, 4.69) is 40.7 Å². The van der Waals surface area contributed by atoms with Gasteiger partial charge in [0, 0.05) is 64.2 Å². The summed E-state index contributed by atoms with van der Waals surface area (Å²) < 4.78 is 0. The summed E-state index contributed by atoms with van der Waals surface area (Å²) >= 11 is 0. The van der Waals surface area contributed by atoms with Crippen LogP contribution in [0.4, 0.5) is 5.95 Å². The number of hydrogen-bond donors (Lipinski definition) is 3. The molecule has 0 aromatic carbocycles. The van der Waals surface area contributed by atoms with Crippen LogP contribution in [0.1, 0.15) is 20.8 Å². The summed E-state index contributed by atoms with van der Waals surface area (Å²) in [5, 5.41) is 9.22. The number of nitrogens with zero attached hydrogens (tertiary/aromatic N) is 5. The monoisotopic (exact) mass is 376 g/mol. The molecule has 1 aromatic heterocycles. The smallest absolute Gasteiger partial charge is 0.239 e. The van der Waals surface area contributed by atoms with E-state index in [1.54, 1.807) is 19.4 Å². The van der Waals surface area contributed by atoms with E-state index in [0.29, 0.717) is 5.96 Å². The minimum absolute atomic E-state index is 0.0512. The number of hydrogen-bond acceptors (Lipinski definition) is 6. The van der Waals surface area contributed by atoms with Gasteiger partial charge in [0.05, 0.1) is 6.54 Å². The van der Waals surface area contributed by atoms with Crippen molar-refractivity contribution in [1.29, 1.82) is 0 Å². The molecule has 0 saturated carbocycles. The number of nitrogens with one attached hydrogen (secondary N) is 3. The van der Waals surface area contributed by atoms with E-state index in [1.165, 1.54) is 0 Å². The van der Waals surface area contributed by atoms with Crippen LogP contribution >= 0.6 is 0 Å². The predicted octanol–water partition coefficient (Wildman–Crippen LogP) is -0.322. The van der Waals surface area contributed by atoms with Gasteiger partial charge in [0.1, 0.15) is 0 Å². The first-order valence-electron chi connectivity index (χ1n) is 9.37. The molecule has 27 heavy (non-hydrogen) atoms. The normalized spacial score (nSPS) is 16.1. The summed E-state index contributed by atoms with van der Waals surface area (Å²) in [4.78, 5) is 29.2. The molecule has 0 spiro atoms. The highest BCUT2D eigenvalue weighted by molar-refractivity contribution is 5.86. The van der Waals surface area contributed by atoms with Crippen LogP contribution in [0.15, 0.2) is 23.5 Å². The van der Waals surface area contributed by atoms with Crippen molar-refractivity contribution in [2.45, 2.75) is 26.3 Å². The minimum Gasteiger partial charge on any atom is -0.355 e. The number of amides is 1. The highest BCUT2D eigenvalue weighted by Crippen LogP contribution is 2.08. The zero-order valence-electron chi connectivity index (χ0n) is 16.8. The van der Waals surface area contributed by atoms with Crippen molar-refractivity contribution in [2.75, 3.05) is 57.8 Å². The summed E-state index contributed by atoms with van der Waals surface area (Å²) in [7, 11) is 1.70. The molecule has 0 unspecified atom stereocenters. The number of carbonyl (C=O) groups is 1. The highest BCUT2D eigenvalue weighted by atomic mass is 16.2. The summed E-state index contributed by atoms with van der Waals surface area (Å²) in [6.45, 7) is 11.5. The van der Waals surface area contributed by atoms with E-state index in [-0.39, 0.29) is 18.0 Å². The van der Waals surface area contributed by atoms with Crippen molar-refractivity contribution in [3.63, 3.8) is 0 Å². The van der Waals surface area contributed by atoms with Gasteiger partial charge < -0.3 is 20.9 Å². The van der Waals surface area contributed by atoms with Crippen molar-refractivity contribution in [1.82, 2.24) is 30.8 Å². The molecule has 9 heteroatoms. The first kappa shape index (κ1) is 20.9. The van der Waals surface area contributed by atoms with Gasteiger partial charge in [0.25, 0.3) is 0 Å². The zero-order chi connectivity index (χ0) is 19.7. The zero-order valence-corrected chi connectivity index (χ0v) is 16.8. The predicted molar refractivity (Wildman–Crippen MR) is 108 cm³/mol. The number of carbonyl (C=O) groups excluding carboxylic acids is 1. The van der Waals surface area contributed by atoms with Gasteiger partial charge in [-0.15, -0.1) is 0 Å². The van der Waals surface area contributed by atoms with E-state index >= 15 is 0 Å². The SMILES string of the molecule is CN=C(NCCN1CCN(c2ncccn2)CC1)NCC(=O)NC(C)(C)C. The first-order chi connectivity index (χ1) is 12.9. The third kappa shape index (κ3) is 7.78. The van der Waals surface area contributed by atoms with E-state index in [4.69, 9.17) is 0 Å². The second kappa shape index (κ2) is 10.1. The maximum absolute atomic E-state index is 11.9. The maximum atomic E-state index is 11.9. The van der Waals surface area contributed by atoms with Crippen molar-refractivity contribution >= 4 is 17.8 Å². The van der Waals surface area contributed by atoms with Crippen LogP contribution in [0.5, 0.6) is 0 Å². The number of guanidine groups is 1. The van der Waals surface area contributed by atoms with Crippen LogP contribution in [0.25, 0.3) is 0 Å². The van der Waals surface area contributed by atoms with Crippen molar-refractivity contribution < 1.29 is 4.79 Å². The molecule has 2 rings (SSSR count). The molecule has 2 heterocycles. The first-order valence-corrected chi connectivity index (χ1v) is 9.37. The molecule has 1 saturated heterocycles. The summed E-state index contributed by atoms with van der Waals surface area (Å²) in [6, 6.07) is 1.83. The van der Waals surface area contributed by atoms with Gasteiger partial charge in [-0.25, -0.2) is 9.97 Å². The van der Waals surface area contributed by atoms with Crippen molar-refractivity contribution in [3.05, 3.63) is 18.5 Å². The molecule has 3 N–H and O–H groups in total. The molecule has 1 amide bonds. The van der Waals surface area contributed by atoms with Crippen molar-refractivity contribution in [2.24, 2.45) is 4.99 Å². The number of aromatic nitrogens is 2. The summed E-state index contributed by atoms with van der Waals surface area (Å²) in [5.41, 5.74) is -0.233. The largest absolute Gasteiger partial charge is 0.355 e. The van der Waals surface area contributed by atoms with Crippen molar-refractivity contribution in [3.8, 4) is 0 Å². The Balaban J connectivity index is 1.63. The van der Waals surface area contributed by atoms with Gasteiger partial charge in [-0.1, -0.05) is 0 Å². The Labute approximate surface area is 161 Å². The molecular weight excluding hydrogens is 344 g/mol. The Morgan fingerprint density at radius 2 is 1.81 bits per heavy atom. The molecule has 0 radical (unpaired) electrons. The Hall–Kier alpha value is -2.42. The van der Waals surface area contributed by atoms with Gasteiger partial charge in [-0.2, -0.15) is 0 Å². The van der Waals surface area contributed by atoms with E-state index in [9.17, 15) is 4.79 Å². The number of rotatable bonds is 6. The Kier molecular flexibility index (Phi) is 7.78. The quantitative estimate of drug-likeness (QED) is 0.462. The molecule has 1 aliphatic rings. The van der Waals surface area contributed by atoms with Crippen LogP contribution in [-0.4, -0.2) is 85.1 Å². The van der Waals surface area contributed by atoms with Crippen LogP contribution in [0.2, 0.25) is 0 Å². The minimum atomic E-state index is -0.233. The lowest BCUT2D eigenvalue weighted by Crippen LogP contribution is -2.51. The average Bonchev–Trinajstić information content (AvgIpc) is 2.64. The van der Waals surface area contributed by atoms with Gasteiger partial charge in [-0.3, -0.25) is 14.7 Å². The van der Waals surface area contributed by atoms with E-state index in [0.717, 1.165) is 45.2 Å². The highest BCUT2D eigenvalue weighted by Gasteiger charge is 2.18. The third-order valence-electron chi connectivity index (χ3n) is 4.08. The molecule has 0 aliphatic carbocycles. The van der Waals surface area contributed by atoms with E-state index < -0.39 is 0 Å². The average molecular weight is 377 g/mol. The molecule has 9 nitrogen and oxygen atoms in total. The van der Waals surface area contributed by atoms with Gasteiger partial charge in [-0.05, 0) is 26.8 Å². The molecular formula is C18H32N8O. The summed E-state index contributed by atoms with van der Waals surface area (Å²) in [6.07, 6.45) is 3.55. The molecule has 150 valence electrons. The van der Waals surface area contributed by atoms with Gasteiger partial charge in [0.2, 0.25) is 11.9 Å². The fourth-order valence-corrected chi connectivity index (χ4v) is 2.81. The number of anilines is 1. The molecule has 1 fully saturated rings. The Morgan fingerprint density at radius 3 is 2.41 bits per heavy atom. The molecule has 1 aromatic rings. The second-order valence-electron chi connectivity index (χ2n) is 7.53. The topological polar surface area (TPSA) is 97.8 Å². The van der Waals surface area contributed by atoms with Crippen LogP contribution in [0.3, 0.4) is 0 Å². The molecule has 1 aliphatic heterocycles. The molecule has 0 bridgehead atoms. The third-order valence-corrected chi connectivity index (χ3v) is 4.08. The van der Waals surface area contributed by atoms with E-state index in [1.807, 2.05) is 26.8 Å². The Bertz CT molecular complexity index is 606. The van der Waals surface area contributed by atoms with Gasteiger partial charge in [0.15, 0.2) is 5.96 Å². The lowest BCUT2D eigenvalue weighted by atomic mass is 10.1. The standard InChI is InChI=1S/C18H32N8O/c1-18(2,3)24-15(27)14-23-16(19-4)20-8-9-25-10-12-26(13-11-25)17-21-6-5-7-22-17/h5-7H,8-14H2,1-4H3,(H,24,27)(H2,19,20,23). The second-order valence-corrected chi connectivity index (χ2v) is 7.53. The van der Waals surface area contributed by atoms with Gasteiger partial charge >= 0.3 is 0 Å². The summed E-state index contributed by atoms with van der Waals surface area (Å²) in [5.74, 6) is 1.38. The molecule has 0 atom stereocenters. The number of piperazine rings is 1. The fourth-order valence-electron chi connectivity index (χ4n) is 2.81. The van der Waals surface area contributed by atoms with Crippen LogP contribution in [-0.2, 0) is 4.79 Å². The fraction of sp³-hybridized carbons (Fsp3) is 0.667. The number of aliphatic imine (C=N–C) groups is 1. The lowest BCUT2D eigenvalue weighted by Gasteiger charge is -2.34. The lowest BCUT2D eigenvalue weighted by molar-refractivity contribution is -0.121. The van der Waals surface area contributed by atoms with Crippen LogP contribution < -0.4 is 20.9 Å². The Morgan fingerprint density at radius 1 is 1.15 bits per heavy atom.